The second kappa shape index (κ2) is 10.2. The maximum absolute atomic E-state index is 13.6. The average Bonchev–Trinajstić information content (AvgIpc) is 2.84. The minimum atomic E-state index is -0.288. The van der Waals surface area contributed by atoms with Crippen LogP contribution in [0.5, 0.6) is 0 Å². The van der Waals surface area contributed by atoms with Crippen molar-refractivity contribution in [2.45, 2.75) is 25.9 Å². The number of benzene rings is 2. The second-order valence-corrected chi connectivity index (χ2v) is 7.96. The lowest BCUT2D eigenvalue weighted by molar-refractivity contribution is 0.628. The lowest BCUT2D eigenvalue weighted by Gasteiger charge is -2.20. The van der Waals surface area contributed by atoms with Crippen molar-refractivity contribution >= 4 is 17.6 Å². The molecule has 6 nitrogen and oxygen atoms in total. The van der Waals surface area contributed by atoms with Gasteiger partial charge < -0.3 is 16.0 Å². The number of hydrogen-bond donors (Lipinski definition) is 2. The van der Waals surface area contributed by atoms with Gasteiger partial charge in [0.1, 0.15) is 17.5 Å². The summed E-state index contributed by atoms with van der Waals surface area (Å²) in [6.07, 6.45) is 2.55. The summed E-state index contributed by atoms with van der Waals surface area (Å²) in [6.45, 7) is 2.63. The normalized spacial score (nSPS) is 11.8. The van der Waals surface area contributed by atoms with Gasteiger partial charge in [0.2, 0.25) is 5.95 Å². The van der Waals surface area contributed by atoms with Gasteiger partial charge in [-0.2, -0.15) is 4.98 Å². The first kappa shape index (κ1) is 22.4. The first-order valence-corrected chi connectivity index (χ1v) is 10.9. The van der Waals surface area contributed by atoms with Crippen LogP contribution in [0.25, 0.3) is 11.3 Å². The van der Waals surface area contributed by atoms with Gasteiger partial charge in [0.25, 0.3) is 0 Å². The second-order valence-electron chi connectivity index (χ2n) is 7.96. The highest BCUT2D eigenvalue weighted by Crippen LogP contribution is 2.25. The molecule has 4 aromatic rings. The average molecular weight is 443 g/mol. The van der Waals surface area contributed by atoms with Crippen LogP contribution in [0.1, 0.15) is 18.1 Å². The number of pyridine rings is 1. The van der Waals surface area contributed by atoms with Crippen LogP contribution in [0.3, 0.4) is 0 Å². The Morgan fingerprint density at radius 1 is 0.939 bits per heavy atom. The van der Waals surface area contributed by atoms with Crippen LogP contribution in [-0.2, 0) is 13.0 Å². The zero-order chi connectivity index (χ0) is 23.2. The zero-order valence-electron chi connectivity index (χ0n) is 18.7. The summed E-state index contributed by atoms with van der Waals surface area (Å²) in [7, 11) is 1.89. The zero-order valence-corrected chi connectivity index (χ0v) is 18.7. The van der Waals surface area contributed by atoms with Gasteiger partial charge in [0, 0.05) is 31.4 Å². The lowest BCUT2D eigenvalue weighted by Crippen LogP contribution is -2.21. The van der Waals surface area contributed by atoms with Crippen LogP contribution in [0.2, 0.25) is 0 Å². The van der Waals surface area contributed by atoms with E-state index in [0.717, 1.165) is 17.5 Å². The molecule has 3 N–H and O–H groups in total. The molecule has 0 aliphatic heterocycles. The quantitative estimate of drug-likeness (QED) is 0.402. The van der Waals surface area contributed by atoms with Gasteiger partial charge in [-0.05, 0) is 54.8 Å². The standard InChI is InChI=1S/C26H27FN6/c1-18(14-19-6-3-7-20(15-19)17-28)30-26-29-13-12-25(32-26)33(2)24-11-5-10-23(31-24)21-8-4-9-22(27)16-21/h3-13,15-16,18H,14,17,28H2,1-2H3,(H,29,30,32). The van der Waals surface area contributed by atoms with Crippen LogP contribution in [-0.4, -0.2) is 28.0 Å². The van der Waals surface area contributed by atoms with E-state index in [2.05, 4.69) is 34.3 Å². The number of aromatic nitrogens is 3. The fourth-order valence-corrected chi connectivity index (χ4v) is 3.65. The topological polar surface area (TPSA) is 80.0 Å². The third-order valence-electron chi connectivity index (χ3n) is 5.33. The highest BCUT2D eigenvalue weighted by atomic mass is 19.1. The van der Waals surface area contributed by atoms with Crippen LogP contribution in [0.15, 0.2) is 79.0 Å². The van der Waals surface area contributed by atoms with E-state index in [9.17, 15) is 4.39 Å². The summed E-state index contributed by atoms with van der Waals surface area (Å²) in [5.41, 5.74) is 9.50. The van der Waals surface area contributed by atoms with Crippen molar-refractivity contribution in [3.63, 3.8) is 0 Å². The van der Waals surface area contributed by atoms with Crippen molar-refractivity contribution in [1.29, 1.82) is 0 Å². The molecule has 0 saturated heterocycles. The molecule has 2 aromatic carbocycles. The van der Waals surface area contributed by atoms with Crippen LogP contribution < -0.4 is 16.0 Å². The third kappa shape index (κ3) is 5.70. The number of rotatable bonds is 8. The maximum Gasteiger partial charge on any atom is 0.224 e. The summed E-state index contributed by atoms with van der Waals surface area (Å²) < 4.78 is 13.6. The fourth-order valence-electron chi connectivity index (χ4n) is 3.65. The van der Waals surface area contributed by atoms with Crippen LogP contribution in [0.4, 0.5) is 22.0 Å². The molecule has 0 amide bonds. The SMILES string of the molecule is CC(Cc1cccc(CN)c1)Nc1nccc(N(C)c2cccc(-c3cccc(F)c3)n2)n1. The Morgan fingerprint density at radius 3 is 2.52 bits per heavy atom. The Bertz CT molecular complexity index is 1230. The third-order valence-corrected chi connectivity index (χ3v) is 5.33. The highest BCUT2D eigenvalue weighted by Gasteiger charge is 2.12. The molecule has 0 aliphatic rings. The van der Waals surface area contributed by atoms with E-state index in [-0.39, 0.29) is 11.9 Å². The lowest BCUT2D eigenvalue weighted by atomic mass is 10.0. The summed E-state index contributed by atoms with van der Waals surface area (Å²) in [5.74, 6) is 1.66. The Kier molecular flexibility index (Phi) is 6.90. The van der Waals surface area contributed by atoms with Gasteiger partial charge >= 0.3 is 0 Å². The van der Waals surface area contributed by atoms with E-state index in [1.165, 1.54) is 17.7 Å². The smallest absolute Gasteiger partial charge is 0.224 e. The summed E-state index contributed by atoms with van der Waals surface area (Å²) >= 11 is 0. The van der Waals surface area contributed by atoms with E-state index in [1.807, 2.05) is 54.4 Å². The van der Waals surface area contributed by atoms with Gasteiger partial charge in [-0.1, -0.05) is 42.5 Å². The van der Waals surface area contributed by atoms with Gasteiger partial charge in [-0.15, -0.1) is 0 Å². The molecule has 0 fully saturated rings. The van der Waals surface area contributed by atoms with Gasteiger partial charge in [0.05, 0.1) is 5.69 Å². The number of hydrogen-bond acceptors (Lipinski definition) is 6. The number of halogens is 1. The molecule has 0 bridgehead atoms. The molecule has 0 aliphatic carbocycles. The van der Waals surface area contributed by atoms with Gasteiger partial charge in [-0.25, -0.2) is 14.4 Å². The van der Waals surface area contributed by atoms with Crippen molar-refractivity contribution in [2.24, 2.45) is 5.73 Å². The minimum absolute atomic E-state index is 0.132. The van der Waals surface area contributed by atoms with Crippen LogP contribution in [0, 0.1) is 5.82 Å². The van der Waals surface area contributed by atoms with Gasteiger partial charge in [0.15, 0.2) is 0 Å². The van der Waals surface area contributed by atoms with E-state index < -0.39 is 0 Å². The summed E-state index contributed by atoms with van der Waals surface area (Å²) in [5, 5.41) is 3.38. The molecule has 4 rings (SSSR count). The maximum atomic E-state index is 13.6. The molecule has 1 unspecified atom stereocenters. The first-order chi connectivity index (χ1) is 16.0. The number of nitrogens with two attached hydrogens (primary N) is 1. The van der Waals surface area contributed by atoms with Crippen molar-refractivity contribution in [2.75, 3.05) is 17.3 Å². The van der Waals surface area contributed by atoms with Crippen LogP contribution >= 0.6 is 0 Å². The largest absolute Gasteiger partial charge is 0.351 e. The van der Waals surface area contributed by atoms with E-state index in [0.29, 0.717) is 29.8 Å². The molecular weight excluding hydrogens is 415 g/mol. The predicted molar refractivity (Wildman–Crippen MR) is 131 cm³/mol. The van der Waals surface area contributed by atoms with Crippen molar-refractivity contribution < 1.29 is 4.39 Å². The predicted octanol–water partition coefficient (Wildman–Crippen LogP) is 4.95. The first-order valence-electron chi connectivity index (χ1n) is 10.9. The molecule has 1 atom stereocenters. The highest BCUT2D eigenvalue weighted by molar-refractivity contribution is 5.64. The summed E-state index contributed by atoms with van der Waals surface area (Å²) in [4.78, 5) is 15.6. The molecule has 33 heavy (non-hydrogen) atoms. The molecule has 0 saturated carbocycles. The fraction of sp³-hybridized carbons (Fsp3) is 0.192. The Morgan fingerprint density at radius 2 is 1.70 bits per heavy atom. The van der Waals surface area contributed by atoms with Crippen molar-refractivity contribution in [1.82, 2.24) is 15.0 Å². The Labute approximate surface area is 193 Å². The molecule has 7 heteroatoms. The Balaban J connectivity index is 1.48. The minimum Gasteiger partial charge on any atom is -0.351 e. The van der Waals surface area contributed by atoms with E-state index >= 15 is 0 Å². The molecule has 2 aromatic heterocycles. The monoisotopic (exact) mass is 442 g/mol. The van der Waals surface area contributed by atoms with Crippen molar-refractivity contribution in [3.05, 3.63) is 95.9 Å². The molecule has 168 valence electrons. The number of nitrogens with zero attached hydrogens (tertiary/aromatic N) is 4. The Hall–Kier alpha value is -3.84. The number of nitrogens with one attached hydrogen (secondary N) is 1. The summed E-state index contributed by atoms with van der Waals surface area (Å²) in [6, 6.07) is 22.3. The molecule has 2 heterocycles. The van der Waals surface area contributed by atoms with E-state index in [4.69, 9.17) is 10.7 Å². The number of anilines is 3. The molecular formula is C26H27FN6. The molecule has 0 spiro atoms. The van der Waals surface area contributed by atoms with Crippen molar-refractivity contribution in [3.8, 4) is 11.3 Å². The van der Waals surface area contributed by atoms with Gasteiger partial charge in [-0.3, -0.25) is 0 Å². The van der Waals surface area contributed by atoms with E-state index in [1.54, 1.807) is 12.3 Å². The molecule has 0 radical (unpaired) electrons.